The van der Waals surface area contributed by atoms with E-state index in [-0.39, 0.29) is 0 Å². The van der Waals surface area contributed by atoms with Crippen molar-refractivity contribution in [2.45, 2.75) is 56.6 Å². The molecule has 0 aliphatic carbocycles. The summed E-state index contributed by atoms with van der Waals surface area (Å²) in [6.45, 7) is 5.44. The van der Waals surface area contributed by atoms with E-state index in [4.69, 9.17) is 0 Å². The second kappa shape index (κ2) is 9.08. The molecule has 0 radical (unpaired) electrons. The lowest BCUT2D eigenvalue weighted by atomic mass is 10.2. The van der Waals surface area contributed by atoms with E-state index in [0.717, 1.165) is 36.1 Å². The first-order valence-corrected chi connectivity index (χ1v) is 9.42. The van der Waals surface area contributed by atoms with Crippen LogP contribution in [0.2, 0.25) is 0 Å². The molecule has 0 bridgehead atoms. The largest absolute Gasteiger partial charge is 0.305 e. The van der Waals surface area contributed by atoms with Gasteiger partial charge in [0.05, 0.1) is 6.04 Å². The fourth-order valence-electron chi connectivity index (χ4n) is 2.68. The molecule has 1 aromatic carbocycles. The summed E-state index contributed by atoms with van der Waals surface area (Å²) in [5, 5.41) is 10.0. The normalized spacial score (nSPS) is 12.7. The topological polar surface area (TPSA) is 34.0 Å². The monoisotopic (exact) mass is 332 g/mol. The van der Waals surface area contributed by atoms with Crippen molar-refractivity contribution in [3.63, 3.8) is 0 Å². The lowest BCUT2D eigenvalue weighted by Crippen LogP contribution is -2.23. The summed E-state index contributed by atoms with van der Waals surface area (Å²) in [7, 11) is 4.23. The molecule has 23 heavy (non-hydrogen) atoms. The lowest BCUT2D eigenvalue weighted by molar-refractivity contribution is 0.270. The maximum Gasteiger partial charge on any atom is 0.191 e. The first-order valence-electron chi connectivity index (χ1n) is 8.43. The molecule has 0 spiro atoms. The molecule has 126 valence electrons. The number of benzene rings is 1. The van der Waals surface area contributed by atoms with Crippen LogP contribution in [0.15, 0.2) is 35.5 Å². The van der Waals surface area contributed by atoms with Crippen molar-refractivity contribution in [1.29, 1.82) is 0 Å². The molecule has 0 saturated heterocycles. The van der Waals surface area contributed by atoms with Crippen LogP contribution in [0.3, 0.4) is 0 Å². The molecule has 2 aromatic rings. The van der Waals surface area contributed by atoms with Crippen molar-refractivity contribution in [2.75, 3.05) is 14.1 Å². The van der Waals surface area contributed by atoms with Gasteiger partial charge in [0.1, 0.15) is 0 Å². The van der Waals surface area contributed by atoms with Crippen molar-refractivity contribution >= 4 is 11.8 Å². The van der Waals surface area contributed by atoms with Crippen molar-refractivity contribution < 1.29 is 0 Å². The second-order valence-electron chi connectivity index (χ2n) is 6.01. The Morgan fingerprint density at radius 1 is 1.13 bits per heavy atom. The van der Waals surface area contributed by atoms with E-state index in [0.29, 0.717) is 6.04 Å². The summed E-state index contributed by atoms with van der Waals surface area (Å²) in [6.07, 6.45) is 3.38. The van der Waals surface area contributed by atoms with Gasteiger partial charge in [-0.2, -0.15) is 0 Å². The Morgan fingerprint density at radius 2 is 1.87 bits per heavy atom. The molecule has 1 aromatic heterocycles. The molecule has 0 saturated carbocycles. The van der Waals surface area contributed by atoms with E-state index < -0.39 is 0 Å². The van der Waals surface area contributed by atoms with E-state index in [2.05, 4.69) is 77.9 Å². The molecule has 1 heterocycles. The van der Waals surface area contributed by atoms with E-state index in [9.17, 15) is 0 Å². The van der Waals surface area contributed by atoms with Gasteiger partial charge in [-0.25, -0.2) is 0 Å². The van der Waals surface area contributed by atoms with Crippen molar-refractivity contribution in [3.05, 3.63) is 41.7 Å². The van der Waals surface area contributed by atoms with E-state index >= 15 is 0 Å². The molecule has 1 atom stereocenters. The first kappa shape index (κ1) is 18.0. The third-order valence-corrected chi connectivity index (χ3v) is 5.04. The van der Waals surface area contributed by atoms with Gasteiger partial charge in [-0.3, -0.25) is 4.90 Å². The summed E-state index contributed by atoms with van der Waals surface area (Å²) in [5.41, 5.74) is 1.32. The molecule has 0 N–H and O–H groups in total. The number of thioether (sulfide) groups is 1. The van der Waals surface area contributed by atoms with Crippen molar-refractivity contribution in [1.82, 2.24) is 19.7 Å². The highest BCUT2D eigenvalue weighted by Gasteiger charge is 2.21. The van der Waals surface area contributed by atoms with Gasteiger partial charge in [0, 0.05) is 12.3 Å². The minimum atomic E-state index is 0.324. The molecule has 0 aliphatic rings. The van der Waals surface area contributed by atoms with Crippen LogP contribution in [0.25, 0.3) is 0 Å². The highest BCUT2D eigenvalue weighted by Crippen LogP contribution is 2.27. The van der Waals surface area contributed by atoms with Crippen LogP contribution in [0.1, 0.15) is 50.5 Å². The molecular formula is C18H28N4S. The highest BCUT2D eigenvalue weighted by atomic mass is 32.2. The molecule has 1 unspecified atom stereocenters. The first-order chi connectivity index (χ1) is 11.2. The zero-order chi connectivity index (χ0) is 16.7. The average molecular weight is 333 g/mol. The van der Waals surface area contributed by atoms with Crippen molar-refractivity contribution in [3.8, 4) is 0 Å². The third-order valence-electron chi connectivity index (χ3n) is 4.00. The smallest absolute Gasteiger partial charge is 0.191 e. The second-order valence-corrected chi connectivity index (χ2v) is 6.95. The maximum absolute atomic E-state index is 4.52. The van der Waals surface area contributed by atoms with Crippen LogP contribution < -0.4 is 0 Å². The van der Waals surface area contributed by atoms with Gasteiger partial charge >= 0.3 is 0 Å². The predicted molar refractivity (Wildman–Crippen MR) is 97.7 cm³/mol. The molecule has 0 amide bonds. The van der Waals surface area contributed by atoms with Crippen LogP contribution >= 0.6 is 11.8 Å². The minimum Gasteiger partial charge on any atom is -0.305 e. The van der Waals surface area contributed by atoms with E-state index in [1.54, 1.807) is 11.8 Å². The van der Waals surface area contributed by atoms with E-state index in [1.807, 2.05) is 0 Å². The van der Waals surface area contributed by atoms with Crippen molar-refractivity contribution in [2.24, 2.45) is 0 Å². The van der Waals surface area contributed by atoms with Gasteiger partial charge in [0.2, 0.25) is 0 Å². The summed E-state index contributed by atoms with van der Waals surface area (Å²) in [6, 6.07) is 10.9. The zero-order valence-electron chi connectivity index (χ0n) is 14.7. The average Bonchev–Trinajstić information content (AvgIpc) is 2.95. The van der Waals surface area contributed by atoms with Crippen LogP contribution in [-0.2, 0) is 12.3 Å². The summed E-state index contributed by atoms with van der Waals surface area (Å²) in [4.78, 5) is 2.23. The van der Waals surface area contributed by atoms with Crippen LogP contribution in [-0.4, -0.2) is 33.8 Å². The Balaban J connectivity index is 2.19. The number of rotatable bonds is 9. The van der Waals surface area contributed by atoms with Crippen LogP contribution in [0.4, 0.5) is 0 Å². The Hall–Kier alpha value is -1.33. The fourth-order valence-corrected chi connectivity index (χ4v) is 3.61. The SMILES string of the molecule is CCCCn1c(SCc2ccccc2)nnc1C(CC)N(C)C. The van der Waals surface area contributed by atoms with Crippen LogP contribution in [0, 0.1) is 0 Å². The molecule has 2 rings (SSSR count). The number of nitrogens with zero attached hydrogens (tertiary/aromatic N) is 4. The molecule has 4 nitrogen and oxygen atoms in total. The summed E-state index contributed by atoms with van der Waals surface area (Å²) < 4.78 is 2.32. The highest BCUT2D eigenvalue weighted by molar-refractivity contribution is 7.98. The summed E-state index contributed by atoms with van der Waals surface area (Å²) >= 11 is 1.78. The van der Waals surface area contributed by atoms with Gasteiger partial charge in [0.25, 0.3) is 0 Å². The number of unbranched alkanes of at least 4 members (excludes halogenated alkanes) is 1. The predicted octanol–water partition coefficient (Wildman–Crippen LogP) is 4.38. The number of hydrogen-bond acceptors (Lipinski definition) is 4. The molecule has 0 fully saturated rings. The fraction of sp³-hybridized carbons (Fsp3) is 0.556. The quantitative estimate of drug-likeness (QED) is 0.638. The van der Waals surface area contributed by atoms with Gasteiger partial charge in [-0.15, -0.1) is 10.2 Å². The van der Waals surface area contributed by atoms with Gasteiger partial charge < -0.3 is 4.57 Å². The number of aromatic nitrogens is 3. The van der Waals surface area contributed by atoms with Gasteiger partial charge in [0.15, 0.2) is 11.0 Å². The molecule has 5 heteroatoms. The number of hydrogen-bond donors (Lipinski definition) is 0. The lowest BCUT2D eigenvalue weighted by Gasteiger charge is -2.23. The Bertz CT molecular complexity index is 580. The van der Waals surface area contributed by atoms with E-state index in [1.165, 1.54) is 12.0 Å². The standard InChI is InChI=1S/C18H28N4S/c1-5-7-13-22-17(16(6-2)21(3)4)19-20-18(22)23-14-15-11-9-8-10-12-15/h8-12,16H,5-7,13-14H2,1-4H3. The van der Waals surface area contributed by atoms with Gasteiger partial charge in [-0.05, 0) is 32.5 Å². The Labute approximate surface area is 144 Å². The molecule has 0 aliphatic heterocycles. The summed E-state index contributed by atoms with van der Waals surface area (Å²) in [5.74, 6) is 2.03. The Kier molecular flexibility index (Phi) is 7.12. The van der Waals surface area contributed by atoms with Crippen LogP contribution in [0.5, 0.6) is 0 Å². The third kappa shape index (κ3) is 4.82. The zero-order valence-corrected chi connectivity index (χ0v) is 15.5. The Morgan fingerprint density at radius 3 is 2.48 bits per heavy atom. The minimum absolute atomic E-state index is 0.324. The van der Waals surface area contributed by atoms with Gasteiger partial charge in [-0.1, -0.05) is 62.4 Å². The molecular weight excluding hydrogens is 304 g/mol. The maximum atomic E-state index is 4.52.